The van der Waals surface area contributed by atoms with Crippen LogP contribution in [-0.4, -0.2) is 5.11 Å². The zero-order valence-electron chi connectivity index (χ0n) is 6.85. The number of hydrogen-bond donors (Lipinski definition) is 2. The minimum absolute atomic E-state index is 0.00419. The maximum absolute atomic E-state index is 12.8. The third-order valence-electron chi connectivity index (χ3n) is 2.36. The van der Waals surface area contributed by atoms with Crippen molar-refractivity contribution in [2.24, 2.45) is 5.73 Å². The van der Waals surface area contributed by atoms with E-state index in [1.165, 1.54) is 6.07 Å². The van der Waals surface area contributed by atoms with Gasteiger partial charge in [0.15, 0.2) is 0 Å². The Labute approximate surface area is 80.1 Å². The highest BCUT2D eigenvalue weighted by molar-refractivity contribution is 6.30. The molecule has 1 aliphatic rings. The van der Waals surface area contributed by atoms with Crippen LogP contribution in [0.3, 0.4) is 0 Å². The second kappa shape index (κ2) is 2.59. The van der Waals surface area contributed by atoms with E-state index < -0.39 is 11.4 Å². The first-order valence-corrected chi connectivity index (χ1v) is 4.38. The quantitative estimate of drug-likeness (QED) is 0.731. The SMILES string of the molecule is NC1(c2cc(Cl)c(F)cc2O)CC1. The van der Waals surface area contributed by atoms with E-state index in [-0.39, 0.29) is 10.8 Å². The van der Waals surface area contributed by atoms with Crippen molar-refractivity contribution in [3.63, 3.8) is 0 Å². The van der Waals surface area contributed by atoms with Crippen molar-refractivity contribution < 1.29 is 9.50 Å². The number of nitrogens with two attached hydrogens (primary N) is 1. The molecule has 4 heteroatoms. The predicted molar refractivity (Wildman–Crippen MR) is 48.2 cm³/mol. The molecule has 0 radical (unpaired) electrons. The molecule has 3 N–H and O–H groups in total. The van der Waals surface area contributed by atoms with E-state index in [0.29, 0.717) is 5.56 Å². The monoisotopic (exact) mass is 201 g/mol. The van der Waals surface area contributed by atoms with Crippen LogP contribution in [-0.2, 0) is 5.54 Å². The van der Waals surface area contributed by atoms with Gasteiger partial charge >= 0.3 is 0 Å². The standard InChI is InChI=1S/C9H9ClFNO/c10-6-3-5(9(12)1-2-9)8(13)4-7(6)11/h3-4,13H,1-2,12H2. The number of phenols is 1. The van der Waals surface area contributed by atoms with Crippen molar-refractivity contribution in [1.29, 1.82) is 0 Å². The van der Waals surface area contributed by atoms with Crippen LogP contribution >= 0.6 is 11.6 Å². The number of benzene rings is 1. The molecule has 13 heavy (non-hydrogen) atoms. The van der Waals surface area contributed by atoms with Gasteiger partial charge in [0.05, 0.1) is 5.02 Å². The molecular weight excluding hydrogens is 193 g/mol. The number of halogens is 2. The van der Waals surface area contributed by atoms with Gasteiger partial charge in [0.25, 0.3) is 0 Å². The summed E-state index contributed by atoms with van der Waals surface area (Å²) in [6, 6.07) is 2.41. The van der Waals surface area contributed by atoms with E-state index in [0.717, 1.165) is 18.9 Å². The molecule has 0 bridgehead atoms. The predicted octanol–water partition coefficient (Wildman–Crippen LogP) is 2.13. The van der Waals surface area contributed by atoms with Crippen LogP contribution in [0.1, 0.15) is 18.4 Å². The second-order valence-electron chi connectivity index (χ2n) is 3.44. The summed E-state index contributed by atoms with van der Waals surface area (Å²) in [5.41, 5.74) is 5.90. The maximum Gasteiger partial charge on any atom is 0.145 e. The molecule has 0 aliphatic heterocycles. The number of hydrogen-bond acceptors (Lipinski definition) is 2. The topological polar surface area (TPSA) is 46.2 Å². The first kappa shape index (κ1) is 8.78. The normalized spacial score (nSPS) is 18.7. The van der Waals surface area contributed by atoms with Gasteiger partial charge in [0.1, 0.15) is 11.6 Å². The Morgan fingerprint density at radius 3 is 2.62 bits per heavy atom. The number of rotatable bonds is 1. The summed E-state index contributed by atoms with van der Waals surface area (Å²) in [6.45, 7) is 0. The fourth-order valence-electron chi connectivity index (χ4n) is 1.34. The van der Waals surface area contributed by atoms with Crippen molar-refractivity contribution in [2.45, 2.75) is 18.4 Å². The molecule has 2 rings (SSSR count). The summed E-state index contributed by atoms with van der Waals surface area (Å²) in [6.07, 6.45) is 1.62. The van der Waals surface area contributed by atoms with Crippen LogP contribution in [0, 0.1) is 5.82 Å². The smallest absolute Gasteiger partial charge is 0.145 e. The van der Waals surface area contributed by atoms with Gasteiger partial charge in [-0.1, -0.05) is 11.6 Å². The average Bonchev–Trinajstić information content (AvgIpc) is 2.77. The maximum atomic E-state index is 12.8. The fourth-order valence-corrected chi connectivity index (χ4v) is 1.50. The molecular formula is C9H9ClFNO. The van der Waals surface area contributed by atoms with Crippen LogP contribution in [0.5, 0.6) is 5.75 Å². The van der Waals surface area contributed by atoms with Crippen LogP contribution in [0.4, 0.5) is 4.39 Å². The van der Waals surface area contributed by atoms with E-state index >= 15 is 0 Å². The van der Waals surface area contributed by atoms with Crippen molar-refractivity contribution in [1.82, 2.24) is 0 Å². The van der Waals surface area contributed by atoms with Gasteiger partial charge in [-0.2, -0.15) is 0 Å². The van der Waals surface area contributed by atoms with Crippen molar-refractivity contribution in [3.8, 4) is 5.75 Å². The second-order valence-corrected chi connectivity index (χ2v) is 3.85. The molecule has 0 heterocycles. The highest BCUT2D eigenvalue weighted by atomic mass is 35.5. The minimum Gasteiger partial charge on any atom is -0.507 e. The Morgan fingerprint density at radius 1 is 1.46 bits per heavy atom. The summed E-state index contributed by atoms with van der Waals surface area (Å²) >= 11 is 5.58. The van der Waals surface area contributed by atoms with Crippen LogP contribution < -0.4 is 5.73 Å². The van der Waals surface area contributed by atoms with Gasteiger partial charge in [-0.3, -0.25) is 0 Å². The first-order valence-electron chi connectivity index (χ1n) is 4.00. The highest BCUT2D eigenvalue weighted by Gasteiger charge is 2.42. The fraction of sp³-hybridized carbons (Fsp3) is 0.333. The lowest BCUT2D eigenvalue weighted by Gasteiger charge is -2.11. The van der Waals surface area contributed by atoms with Gasteiger partial charge in [0.2, 0.25) is 0 Å². The Morgan fingerprint density at radius 2 is 2.08 bits per heavy atom. The Bertz CT molecular complexity index is 363. The summed E-state index contributed by atoms with van der Waals surface area (Å²) in [5.74, 6) is -0.728. The first-order chi connectivity index (χ1) is 6.03. The average molecular weight is 202 g/mol. The third kappa shape index (κ3) is 1.38. The van der Waals surface area contributed by atoms with Crippen LogP contribution in [0.15, 0.2) is 12.1 Å². The zero-order chi connectivity index (χ0) is 9.64. The van der Waals surface area contributed by atoms with E-state index in [4.69, 9.17) is 17.3 Å². The van der Waals surface area contributed by atoms with Gasteiger partial charge in [0, 0.05) is 17.2 Å². The summed E-state index contributed by atoms with van der Waals surface area (Å²) < 4.78 is 12.8. The van der Waals surface area contributed by atoms with E-state index in [1.807, 2.05) is 0 Å². The van der Waals surface area contributed by atoms with Crippen molar-refractivity contribution in [3.05, 3.63) is 28.5 Å². The van der Waals surface area contributed by atoms with Gasteiger partial charge in [-0.15, -0.1) is 0 Å². The lowest BCUT2D eigenvalue weighted by molar-refractivity contribution is 0.453. The van der Waals surface area contributed by atoms with Gasteiger partial charge in [-0.25, -0.2) is 4.39 Å². The van der Waals surface area contributed by atoms with Crippen LogP contribution in [0.25, 0.3) is 0 Å². The van der Waals surface area contributed by atoms with E-state index in [1.54, 1.807) is 0 Å². The Balaban J connectivity index is 2.52. The summed E-state index contributed by atoms with van der Waals surface area (Å²) in [4.78, 5) is 0. The van der Waals surface area contributed by atoms with Gasteiger partial charge in [-0.05, 0) is 18.9 Å². The number of aromatic hydroxyl groups is 1. The molecule has 70 valence electrons. The molecule has 1 fully saturated rings. The van der Waals surface area contributed by atoms with Crippen molar-refractivity contribution in [2.75, 3.05) is 0 Å². The van der Waals surface area contributed by atoms with Crippen molar-refractivity contribution >= 4 is 11.6 Å². The number of phenolic OH excluding ortho intramolecular Hbond substituents is 1. The summed E-state index contributed by atoms with van der Waals surface area (Å²) in [7, 11) is 0. The molecule has 0 aromatic heterocycles. The molecule has 1 aliphatic carbocycles. The lowest BCUT2D eigenvalue weighted by Crippen LogP contribution is -2.18. The lowest BCUT2D eigenvalue weighted by atomic mass is 10.0. The summed E-state index contributed by atoms with van der Waals surface area (Å²) in [5, 5.41) is 9.42. The van der Waals surface area contributed by atoms with Gasteiger partial charge < -0.3 is 10.8 Å². The molecule has 1 saturated carbocycles. The van der Waals surface area contributed by atoms with Crippen LogP contribution in [0.2, 0.25) is 5.02 Å². The molecule has 0 amide bonds. The molecule has 1 aromatic rings. The van der Waals surface area contributed by atoms with E-state index in [9.17, 15) is 9.50 Å². The molecule has 2 nitrogen and oxygen atoms in total. The Kier molecular flexibility index (Phi) is 1.75. The molecule has 0 atom stereocenters. The highest BCUT2D eigenvalue weighted by Crippen LogP contribution is 2.47. The Hall–Kier alpha value is -0.800. The minimum atomic E-state index is -0.618. The molecule has 0 unspecified atom stereocenters. The molecule has 0 spiro atoms. The molecule has 1 aromatic carbocycles. The third-order valence-corrected chi connectivity index (χ3v) is 2.65. The zero-order valence-corrected chi connectivity index (χ0v) is 7.61. The largest absolute Gasteiger partial charge is 0.507 e. The molecule has 0 saturated heterocycles. The van der Waals surface area contributed by atoms with E-state index in [2.05, 4.69) is 0 Å².